The van der Waals surface area contributed by atoms with Gasteiger partial charge in [0.25, 0.3) is 5.91 Å². The fourth-order valence-corrected chi connectivity index (χ4v) is 3.49. The first-order valence-electron chi connectivity index (χ1n) is 8.53. The number of likely N-dealkylation sites (tertiary alicyclic amines) is 1. The van der Waals surface area contributed by atoms with Crippen LogP contribution in [0.25, 0.3) is 0 Å². The van der Waals surface area contributed by atoms with E-state index in [2.05, 4.69) is 5.32 Å². The average Bonchev–Trinajstić information content (AvgIpc) is 3.01. The zero-order valence-corrected chi connectivity index (χ0v) is 13.3. The van der Waals surface area contributed by atoms with Crippen molar-refractivity contribution in [3.8, 4) is 0 Å². The summed E-state index contributed by atoms with van der Waals surface area (Å²) in [6, 6.07) is 7.09. The van der Waals surface area contributed by atoms with E-state index < -0.39 is 6.10 Å². The van der Waals surface area contributed by atoms with Crippen LogP contribution in [-0.4, -0.2) is 41.0 Å². The molecule has 0 radical (unpaired) electrons. The van der Waals surface area contributed by atoms with Crippen molar-refractivity contribution in [2.75, 3.05) is 18.4 Å². The Hall–Kier alpha value is -1.88. The fourth-order valence-electron chi connectivity index (χ4n) is 3.49. The molecule has 2 amide bonds. The van der Waals surface area contributed by atoms with Gasteiger partial charge in [-0.15, -0.1) is 0 Å². The van der Waals surface area contributed by atoms with Crippen LogP contribution in [0.1, 0.15) is 48.9 Å². The van der Waals surface area contributed by atoms with Crippen molar-refractivity contribution in [2.45, 2.75) is 44.6 Å². The van der Waals surface area contributed by atoms with E-state index in [4.69, 9.17) is 0 Å². The zero-order chi connectivity index (χ0) is 16.2. The minimum absolute atomic E-state index is 0.0294. The maximum Gasteiger partial charge on any atom is 0.253 e. The molecule has 2 fully saturated rings. The molecule has 2 atom stereocenters. The molecule has 1 heterocycles. The number of hydrogen-bond acceptors (Lipinski definition) is 3. The lowest BCUT2D eigenvalue weighted by Crippen LogP contribution is -2.35. The smallest absolute Gasteiger partial charge is 0.253 e. The van der Waals surface area contributed by atoms with Crippen molar-refractivity contribution >= 4 is 17.5 Å². The maximum absolute atomic E-state index is 12.5. The molecule has 0 bridgehead atoms. The number of carbonyl (C=O) groups excluding carboxylic acids is 2. The number of nitrogens with one attached hydrogen (secondary N) is 1. The van der Waals surface area contributed by atoms with Gasteiger partial charge in [0.1, 0.15) is 0 Å². The molecule has 0 aromatic heterocycles. The summed E-state index contributed by atoms with van der Waals surface area (Å²) in [7, 11) is 0. The highest BCUT2D eigenvalue weighted by Gasteiger charge is 2.31. The van der Waals surface area contributed by atoms with E-state index in [0.717, 1.165) is 38.8 Å². The van der Waals surface area contributed by atoms with Crippen LogP contribution in [0.2, 0.25) is 0 Å². The van der Waals surface area contributed by atoms with Crippen LogP contribution >= 0.6 is 0 Å². The van der Waals surface area contributed by atoms with E-state index in [-0.39, 0.29) is 17.7 Å². The molecule has 3 rings (SSSR count). The zero-order valence-electron chi connectivity index (χ0n) is 13.3. The number of anilines is 1. The lowest BCUT2D eigenvalue weighted by molar-refractivity contribution is -0.122. The Morgan fingerprint density at radius 2 is 1.87 bits per heavy atom. The lowest BCUT2D eigenvalue weighted by atomic mass is 10.0. The van der Waals surface area contributed by atoms with Crippen LogP contribution in [0, 0.1) is 5.92 Å². The second-order valence-electron chi connectivity index (χ2n) is 6.53. The number of carbonyl (C=O) groups is 2. The van der Waals surface area contributed by atoms with Crippen molar-refractivity contribution in [3.05, 3.63) is 29.8 Å². The first kappa shape index (κ1) is 16.0. The number of aliphatic hydroxyl groups is 1. The van der Waals surface area contributed by atoms with Crippen LogP contribution in [0.5, 0.6) is 0 Å². The molecule has 5 nitrogen and oxygen atoms in total. The Balaban J connectivity index is 1.67. The molecular weight excluding hydrogens is 292 g/mol. The molecule has 1 aromatic rings. The topological polar surface area (TPSA) is 69.6 Å². The standard InChI is InChI=1S/C18H24N2O3/c21-16-9-5-8-15(16)17(22)19-14-7-4-6-13(12-14)18(23)20-10-2-1-3-11-20/h4,6-7,12,15-16,21H,1-3,5,8-11H2,(H,19,22). The molecule has 1 aromatic carbocycles. The summed E-state index contributed by atoms with van der Waals surface area (Å²) < 4.78 is 0. The predicted molar refractivity (Wildman–Crippen MR) is 88.2 cm³/mol. The molecule has 124 valence electrons. The van der Waals surface area contributed by atoms with Crippen LogP contribution in [0.4, 0.5) is 5.69 Å². The summed E-state index contributed by atoms with van der Waals surface area (Å²) in [4.78, 5) is 26.6. The van der Waals surface area contributed by atoms with Crippen molar-refractivity contribution in [1.82, 2.24) is 4.90 Å². The minimum Gasteiger partial charge on any atom is -0.392 e. The second kappa shape index (κ2) is 7.13. The van der Waals surface area contributed by atoms with Gasteiger partial charge < -0.3 is 15.3 Å². The Morgan fingerprint density at radius 1 is 1.09 bits per heavy atom. The summed E-state index contributed by atoms with van der Waals surface area (Å²) >= 11 is 0. The van der Waals surface area contributed by atoms with E-state index >= 15 is 0 Å². The summed E-state index contributed by atoms with van der Waals surface area (Å²) in [5, 5.41) is 12.7. The highest BCUT2D eigenvalue weighted by molar-refractivity contribution is 5.97. The van der Waals surface area contributed by atoms with E-state index in [0.29, 0.717) is 17.7 Å². The molecule has 1 aliphatic carbocycles. The SMILES string of the molecule is O=C(Nc1cccc(C(=O)N2CCCCC2)c1)C1CCCC1O. The monoisotopic (exact) mass is 316 g/mol. The molecule has 2 unspecified atom stereocenters. The van der Waals surface area contributed by atoms with Gasteiger partial charge in [-0.2, -0.15) is 0 Å². The number of hydrogen-bond donors (Lipinski definition) is 2. The van der Waals surface area contributed by atoms with Crippen LogP contribution in [0.3, 0.4) is 0 Å². The van der Waals surface area contributed by atoms with Crippen LogP contribution in [0.15, 0.2) is 24.3 Å². The van der Waals surface area contributed by atoms with Gasteiger partial charge in [-0.25, -0.2) is 0 Å². The highest BCUT2D eigenvalue weighted by Crippen LogP contribution is 2.27. The number of piperidine rings is 1. The van der Waals surface area contributed by atoms with Gasteiger partial charge >= 0.3 is 0 Å². The summed E-state index contributed by atoms with van der Waals surface area (Å²) in [5.74, 6) is -0.462. The summed E-state index contributed by atoms with van der Waals surface area (Å²) in [6.07, 6.45) is 5.04. The predicted octanol–water partition coefficient (Wildman–Crippen LogP) is 2.41. The molecule has 1 saturated heterocycles. The third kappa shape index (κ3) is 3.72. The van der Waals surface area contributed by atoms with E-state index in [1.165, 1.54) is 6.42 Å². The molecule has 0 spiro atoms. The van der Waals surface area contributed by atoms with E-state index in [1.807, 2.05) is 4.90 Å². The van der Waals surface area contributed by atoms with E-state index in [1.54, 1.807) is 24.3 Å². The van der Waals surface area contributed by atoms with Crippen molar-refractivity contribution in [2.24, 2.45) is 5.92 Å². The minimum atomic E-state index is -0.548. The van der Waals surface area contributed by atoms with Crippen LogP contribution < -0.4 is 5.32 Å². The van der Waals surface area contributed by atoms with Crippen molar-refractivity contribution in [3.63, 3.8) is 0 Å². The van der Waals surface area contributed by atoms with Gasteiger partial charge in [-0.05, 0) is 56.7 Å². The quantitative estimate of drug-likeness (QED) is 0.900. The van der Waals surface area contributed by atoms with Gasteiger partial charge in [-0.1, -0.05) is 6.07 Å². The Bertz CT molecular complexity index is 581. The van der Waals surface area contributed by atoms with Gasteiger partial charge in [0.15, 0.2) is 0 Å². The number of aliphatic hydroxyl groups excluding tert-OH is 1. The molecule has 2 aliphatic rings. The molecule has 5 heteroatoms. The van der Waals surface area contributed by atoms with Gasteiger partial charge in [0.2, 0.25) is 5.91 Å². The van der Waals surface area contributed by atoms with Gasteiger partial charge in [0, 0.05) is 24.3 Å². The first-order valence-corrected chi connectivity index (χ1v) is 8.53. The number of nitrogens with zero attached hydrogens (tertiary/aromatic N) is 1. The Morgan fingerprint density at radius 3 is 2.57 bits per heavy atom. The van der Waals surface area contributed by atoms with Gasteiger partial charge in [0.05, 0.1) is 12.0 Å². The molecule has 2 N–H and O–H groups in total. The third-order valence-corrected chi connectivity index (χ3v) is 4.84. The number of amides is 2. The Kier molecular flexibility index (Phi) is 4.96. The second-order valence-corrected chi connectivity index (χ2v) is 6.53. The third-order valence-electron chi connectivity index (χ3n) is 4.84. The molecule has 23 heavy (non-hydrogen) atoms. The van der Waals surface area contributed by atoms with Crippen molar-refractivity contribution in [1.29, 1.82) is 0 Å². The van der Waals surface area contributed by atoms with Crippen molar-refractivity contribution < 1.29 is 14.7 Å². The first-order chi connectivity index (χ1) is 11.1. The normalized spacial score (nSPS) is 24.5. The molecular formula is C18H24N2O3. The Labute approximate surface area is 136 Å². The molecule has 1 saturated carbocycles. The van der Waals surface area contributed by atoms with Gasteiger partial charge in [-0.3, -0.25) is 9.59 Å². The maximum atomic E-state index is 12.5. The molecule has 1 aliphatic heterocycles. The highest BCUT2D eigenvalue weighted by atomic mass is 16.3. The summed E-state index contributed by atoms with van der Waals surface area (Å²) in [5.41, 5.74) is 1.23. The fraction of sp³-hybridized carbons (Fsp3) is 0.556. The lowest BCUT2D eigenvalue weighted by Gasteiger charge is -2.26. The number of benzene rings is 1. The van der Waals surface area contributed by atoms with E-state index in [9.17, 15) is 14.7 Å². The van der Waals surface area contributed by atoms with Crippen LogP contribution in [-0.2, 0) is 4.79 Å². The number of rotatable bonds is 3. The largest absolute Gasteiger partial charge is 0.392 e. The summed E-state index contributed by atoms with van der Waals surface area (Å²) in [6.45, 7) is 1.62. The average molecular weight is 316 g/mol.